The van der Waals surface area contributed by atoms with E-state index in [1.807, 2.05) is 40.1 Å². The third kappa shape index (κ3) is 3.70. The Balaban J connectivity index is 1.48. The van der Waals surface area contributed by atoms with Crippen molar-refractivity contribution in [2.45, 2.75) is 18.9 Å². The minimum Gasteiger partial charge on any atom is -0.336 e. The summed E-state index contributed by atoms with van der Waals surface area (Å²) in [6.07, 6.45) is 1.92. The van der Waals surface area contributed by atoms with Crippen LogP contribution < -0.4 is 5.32 Å². The van der Waals surface area contributed by atoms with Crippen LogP contribution in [0.3, 0.4) is 0 Å². The van der Waals surface area contributed by atoms with Gasteiger partial charge in [0.15, 0.2) is 0 Å². The molecular formula is C22H22N4O2. The molecule has 3 saturated heterocycles. The van der Waals surface area contributed by atoms with E-state index < -0.39 is 0 Å². The largest absolute Gasteiger partial charge is 0.336 e. The molecule has 2 bridgehead atoms. The zero-order chi connectivity index (χ0) is 19.5. The van der Waals surface area contributed by atoms with Crippen LogP contribution in [-0.4, -0.2) is 47.4 Å². The number of amides is 3. The predicted octanol–water partition coefficient (Wildman–Crippen LogP) is 3.33. The molecule has 3 heterocycles. The van der Waals surface area contributed by atoms with E-state index in [1.165, 1.54) is 0 Å². The van der Waals surface area contributed by atoms with Gasteiger partial charge in [-0.25, -0.2) is 4.79 Å². The van der Waals surface area contributed by atoms with Crippen LogP contribution in [0.2, 0.25) is 0 Å². The zero-order valence-electron chi connectivity index (χ0n) is 15.5. The molecule has 6 heteroatoms. The van der Waals surface area contributed by atoms with Crippen molar-refractivity contribution >= 4 is 17.6 Å². The highest BCUT2D eigenvalue weighted by Crippen LogP contribution is 2.29. The van der Waals surface area contributed by atoms with Gasteiger partial charge in [-0.15, -0.1) is 0 Å². The van der Waals surface area contributed by atoms with Gasteiger partial charge in [0.05, 0.1) is 17.7 Å². The molecule has 2 aromatic rings. The predicted molar refractivity (Wildman–Crippen MR) is 106 cm³/mol. The summed E-state index contributed by atoms with van der Waals surface area (Å²) in [6, 6.07) is 18.1. The Hall–Kier alpha value is -3.33. The van der Waals surface area contributed by atoms with Gasteiger partial charge in [0.2, 0.25) is 0 Å². The minimum atomic E-state index is -0.168. The molecule has 3 fully saturated rings. The standard InChI is InChI=1S/C22H22N4O2/c23-12-16-5-4-8-19(11-16)24-22(28)26-14-17-9-10-20(26)15-25(13-17)21(27)18-6-2-1-3-7-18/h1-8,11,17,20H,9-10,13-15H2,(H,24,28)/t17-,20+/m0/s1. The molecule has 3 aliphatic heterocycles. The van der Waals surface area contributed by atoms with Gasteiger partial charge in [-0.2, -0.15) is 5.26 Å². The molecule has 5 rings (SSSR count). The Morgan fingerprint density at radius 2 is 1.82 bits per heavy atom. The number of urea groups is 1. The van der Waals surface area contributed by atoms with Crippen LogP contribution in [-0.2, 0) is 0 Å². The average molecular weight is 374 g/mol. The summed E-state index contributed by atoms with van der Waals surface area (Å²) in [5.74, 6) is 0.309. The number of nitriles is 1. The van der Waals surface area contributed by atoms with Crippen molar-refractivity contribution in [1.82, 2.24) is 9.80 Å². The molecule has 142 valence electrons. The molecule has 0 aromatic heterocycles. The number of rotatable bonds is 2. The van der Waals surface area contributed by atoms with Crippen LogP contribution in [0, 0.1) is 17.2 Å². The normalized spacial score (nSPS) is 21.0. The smallest absolute Gasteiger partial charge is 0.322 e. The fourth-order valence-corrected chi connectivity index (χ4v) is 4.12. The molecular weight excluding hydrogens is 352 g/mol. The SMILES string of the molecule is N#Cc1cccc(NC(=O)N2C[C@H]3CC[C@@H]2CN(C(=O)c2ccccc2)C3)c1. The van der Waals surface area contributed by atoms with Crippen LogP contribution in [0.5, 0.6) is 0 Å². The number of fused-ring (bicyclic) bond motifs is 4. The Kier molecular flexibility index (Phi) is 4.98. The molecule has 6 nitrogen and oxygen atoms in total. The molecule has 2 atom stereocenters. The fraction of sp³-hybridized carbons (Fsp3) is 0.318. The molecule has 0 spiro atoms. The Morgan fingerprint density at radius 3 is 2.61 bits per heavy atom. The van der Waals surface area contributed by atoms with Gasteiger partial charge >= 0.3 is 6.03 Å². The second kappa shape index (κ2) is 7.73. The number of nitrogens with zero attached hydrogens (tertiary/aromatic N) is 3. The summed E-state index contributed by atoms with van der Waals surface area (Å²) in [5.41, 5.74) is 1.81. The quantitative estimate of drug-likeness (QED) is 0.876. The van der Waals surface area contributed by atoms with Gasteiger partial charge in [0.1, 0.15) is 0 Å². The lowest BCUT2D eigenvalue weighted by Crippen LogP contribution is -2.49. The molecule has 3 aliphatic rings. The summed E-state index contributed by atoms with van der Waals surface area (Å²) in [4.78, 5) is 29.5. The highest BCUT2D eigenvalue weighted by Gasteiger charge is 2.38. The number of benzene rings is 2. The Bertz CT molecular complexity index is 922. The van der Waals surface area contributed by atoms with Gasteiger partial charge < -0.3 is 15.1 Å². The van der Waals surface area contributed by atoms with Crippen molar-refractivity contribution in [3.63, 3.8) is 0 Å². The second-order valence-electron chi connectivity index (χ2n) is 7.45. The lowest BCUT2D eigenvalue weighted by molar-refractivity contribution is 0.0743. The molecule has 0 unspecified atom stereocenters. The van der Waals surface area contributed by atoms with Crippen LogP contribution in [0.25, 0.3) is 0 Å². The minimum absolute atomic E-state index is 0.00515. The van der Waals surface area contributed by atoms with Gasteiger partial charge in [0.25, 0.3) is 5.91 Å². The molecule has 3 amide bonds. The monoisotopic (exact) mass is 374 g/mol. The Morgan fingerprint density at radius 1 is 1.00 bits per heavy atom. The second-order valence-corrected chi connectivity index (χ2v) is 7.45. The van der Waals surface area contributed by atoms with Crippen molar-refractivity contribution in [3.05, 3.63) is 65.7 Å². The third-order valence-corrected chi connectivity index (χ3v) is 5.53. The number of piperidine rings is 1. The highest BCUT2D eigenvalue weighted by atomic mass is 16.2. The lowest BCUT2D eigenvalue weighted by atomic mass is 9.95. The van der Waals surface area contributed by atoms with E-state index in [1.54, 1.807) is 24.3 Å². The summed E-state index contributed by atoms with van der Waals surface area (Å²) in [6.45, 7) is 1.88. The molecule has 0 saturated carbocycles. The van der Waals surface area contributed by atoms with Crippen LogP contribution >= 0.6 is 0 Å². The van der Waals surface area contributed by atoms with Crippen LogP contribution in [0.1, 0.15) is 28.8 Å². The summed E-state index contributed by atoms with van der Waals surface area (Å²) in [7, 11) is 0. The van der Waals surface area contributed by atoms with E-state index in [2.05, 4.69) is 11.4 Å². The van der Waals surface area contributed by atoms with Gasteiger partial charge in [-0.3, -0.25) is 4.79 Å². The number of carbonyl (C=O) groups excluding carboxylic acids is 2. The highest BCUT2D eigenvalue weighted by molar-refractivity contribution is 5.94. The van der Waals surface area contributed by atoms with Crippen molar-refractivity contribution in [2.75, 3.05) is 25.0 Å². The molecule has 2 aromatic carbocycles. The first-order valence-corrected chi connectivity index (χ1v) is 9.56. The van der Waals surface area contributed by atoms with E-state index >= 15 is 0 Å². The fourth-order valence-electron chi connectivity index (χ4n) is 4.12. The zero-order valence-corrected chi connectivity index (χ0v) is 15.5. The number of carbonyl (C=O) groups is 2. The summed E-state index contributed by atoms with van der Waals surface area (Å²) in [5, 5.41) is 11.9. The van der Waals surface area contributed by atoms with E-state index in [0.717, 1.165) is 12.8 Å². The summed E-state index contributed by atoms with van der Waals surface area (Å²) >= 11 is 0. The van der Waals surface area contributed by atoms with Crippen molar-refractivity contribution in [2.24, 2.45) is 5.92 Å². The first-order chi connectivity index (χ1) is 13.6. The molecule has 0 aliphatic carbocycles. The first-order valence-electron chi connectivity index (χ1n) is 9.56. The topological polar surface area (TPSA) is 76.4 Å². The van der Waals surface area contributed by atoms with Crippen molar-refractivity contribution in [1.29, 1.82) is 5.26 Å². The van der Waals surface area contributed by atoms with Crippen molar-refractivity contribution < 1.29 is 9.59 Å². The summed E-state index contributed by atoms with van der Waals surface area (Å²) < 4.78 is 0. The van der Waals surface area contributed by atoms with Crippen molar-refractivity contribution in [3.8, 4) is 6.07 Å². The van der Waals surface area contributed by atoms with E-state index in [9.17, 15) is 9.59 Å². The maximum atomic E-state index is 12.9. The van der Waals surface area contributed by atoms with Crippen LogP contribution in [0.15, 0.2) is 54.6 Å². The van der Waals surface area contributed by atoms with E-state index in [-0.39, 0.29) is 23.9 Å². The van der Waals surface area contributed by atoms with Gasteiger partial charge in [-0.05, 0) is 49.1 Å². The van der Waals surface area contributed by atoms with Crippen LogP contribution in [0.4, 0.5) is 10.5 Å². The average Bonchev–Trinajstić information content (AvgIpc) is 3.06. The van der Waals surface area contributed by atoms with E-state index in [0.29, 0.717) is 36.4 Å². The molecule has 0 radical (unpaired) electrons. The van der Waals surface area contributed by atoms with E-state index in [4.69, 9.17) is 5.26 Å². The molecule has 1 N–H and O–H groups in total. The van der Waals surface area contributed by atoms with Gasteiger partial charge in [0, 0.05) is 30.9 Å². The van der Waals surface area contributed by atoms with Gasteiger partial charge in [-0.1, -0.05) is 24.3 Å². The molecule has 28 heavy (non-hydrogen) atoms. The number of anilines is 1. The maximum Gasteiger partial charge on any atom is 0.322 e. The number of hydrogen-bond acceptors (Lipinski definition) is 3. The number of nitrogens with one attached hydrogen (secondary N) is 1. The third-order valence-electron chi connectivity index (χ3n) is 5.53. The Labute approximate surface area is 164 Å². The lowest BCUT2D eigenvalue weighted by Gasteiger charge is -2.36. The first kappa shape index (κ1) is 18.1. The maximum absolute atomic E-state index is 12.9. The number of hydrogen-bond donors (Lipinski definition) is 1.